The molecule has 2 heterocycles. The number of pyridine rings is 1. The number of thiazole rings is 1. The number of nitrogens with zero attached hydrogens (tertiary/aromatic N) is 3. The zero-order valence-corrected chi connectivity index (χ0v) is 11.3. The van der Waals surface area contributed by atoms with Gasteiger partial charge in [-0.1, -0.05) is 0 Å². The molecule has 0 amide bonds. The molecule has 0 atom stereocenters. The summed E-state index contributed by atoms with van der Waals surface area (Å²) in [5.74, 6) is 0. The van der Waals surface area contributed by atoms with Crippen LogP contribution in [0.4, 0.5) is 0 Å². The minimum absolute atomic E-state index is 0.861. The first-order valence-electron chi connectivity index (χ1n) is 5.63. The molecule has 0 radical (unpaired) electrons. The molecule has 0 aliphatic rings. The molecule has 0 fully saturated rings. The zero-order valence-electron chi connectivity index (χ0n) is 10.5. The Hall–Kier alpha value is -1.26. The smallest absolute Gasteiger partial charge is 0.0795 e. The lowest BCUT2D eigenvalue weighted by molar-refractivity contribution is 0.311. The Balaban J connectivity index is 2.00. The molecule has 17 heavy (non-hydrogen) atoms. The van der Waals surface area contributed by atoms with Gasteiger partial charge in [0.2, 0.25) is 0 Å². The average molecular weight is 247 g/mol. The van der Waals surface area contributed by atoms with Crippen molar-refractivity contribution < 1.29 is 0 Å². The molecule has 0 bridgehead atoms. The fraction of sp³-hybridized carbons (Fsp3) is 0.385. The van der Waals surface area contributed by atoms with Crippen LogP contribution >= 0.6 is 11.3 Å². The number of aromatic nitrogens is 2. The lowest BCUT2D eigenvalue weighted by Gasteiger charge is -2.15. The Kier molecular flexibility index (Phi) is 3.86. The van der Waals surface area contributed by atoms with Gasteiger partial charge < -0.3 is 0 Å². The van der Waals surface area contributed by atoms with Crippen molar-refractivity contribution in [1.29, 1.82) is 0 Å². The standard InChI is InChI=1S/C13H17N3S/c1-10-4-11(2)15-12(5-10)6-16(3)7-13-8-17-9-14-13/h4-5,8-9H,6-7H2,1-3H3. The molecule has 4 heteroatoms. The Labute approximate surface area is 106 Å². The lowest BCUT2D eigenvalue weighted by Crippen LogP contribution is -2.18. The summed E-state index contributed by atoms with van der Waals surface area (Å²) in [5, 5.41) is 2.09. The largest absolute Gasteiger partial charge is 0.295 e. The van der Waals surface area contributed by atoms with Gasteiger partial charge in [0.15, 0.2) is 0 Å². The first-order chi connectivity index (χ1) is 8.13. The van der Waals surface area contributed by atoms with Crippen LogP contribution in [0.3, 0.4) is 0 Å². The molecule has 2 aromatic rings. The highest BCUT2D eigenvalue weighted by Gasteiger charge is 2.05. The van der Waals surface area contributed by atoms with Crippen LogP contribution in [0, 0.1) is 13.8 Å². The summed E-state index contributed by atoms with van der Waals surface area (Å²) in [6, 6.07) is 4.24. The number of hydrogen-bond donors (Lipinski definition) is 0. The number of rotatable bonds is 4. The highest BCUT2D eigenvalue weighted by Crippen LogP contribution is 2.09. The lowest BCUT2D eigenvalue weighted by atomic mass is 10.2. The van der Waals surface area contributed by atoms with E-state index in [4.69, 9.17) is 0 Å². The summed E-state index contributed by atoms with van der Waals surface area (Å²) < 4.78 is 0. The third kappa shape index (κ3) is 3.61. The molecule has 0 aromatic carbocycles. The molecule has 0 aliphatic carbocycles. The molecule has 0 spiro atoms. The van der Waals surface area contributed by atoms with E-state index in [1.54, 1.807) is 11.3 Å². The van der Waals surface area contributed by atoms with Crippen molar-refractivity contribution in [3.8, 4) is 0 Å². The number of aryl methyl sites for hydroxylation is 2. The molecule has 0 saturated heterocycles. The second-order valence-corrected chi connectivity index (χ2v) is 5.15. The maximum Gasteiger partial charge on any atom is 0.0795 e. The van der Waals surface area contributed by atoms with E-state index in [1.165, 1.54) is 5.56 Å². The molecule has 0 aliphatic heterocycles. The molecule has 2 rings (SSSR count). The van der Waals surface area contributed by atoms with Gasteiger partial charge in [0, 0.05) is 24.2 Å². The Morgan fingerprint density at radius 2 is 1.94 bits per heavy atom. The van der Waals surface area contributed by atoms with E-state index in [0.717, 1.165) is 30.2 Å². The van der Waals surface area contributed by atoms with Gasteiger partial charge in [0.05, 0.1) is 16.9 Å². The zero-order chi connectivity index (χ0) is 12.3. The fourth-order valence-corrected chi connectivity index (χ4v) is 2.48. The van der Waals surface area contributed by atoms with Crippen LogP contribution in [0.5, 0.6) is 0 Å². The van der Waals surface area contributed by atoms with Gasteiger partial charge in [-0.25, -0.2) is 4.98 Å². The highest BCUT2D eigenvalue weighted by molar-refractivity contribution is 7.07. The van der Waals surface area contributed by atoms with Gasteiger partial charge in [-0.05, 0) is 38.6 Å². The van der Waals surface area contributed by atoms with Crippen LogP contribution in [-0.2, 0) is 13.1 Å². The first kappa shape index (κ1) is 12.2. The minimum atomic E-state index is 0.861. The molecule has 3 nitrogen and oxygen atoms in total. The quantitative estimate of drug-likeness (QED) is 0.832. The van der Waals surface area contributed by atoms with E-state index in [9.17, 15) is 0 Å². The van der Waals surface area contributed by atoms with Crippen molar-refractivity contribution in [3.05, 3.63) is 45.7 Å². The van der Waals surface area contributed by atoms with E-state index in [1.807, 2.05) is 12.4 Å². The van der Waals surface area contributed by atoms with Crippen molar-refractivity contribution in [1.82, 2.24) is 14.9 Å². The fourth-order valence-electron chi connectivity index (χ4n) is 1.93. The summed E-state index contributed by atoms with van der Waals surface area (Å²) in [4.78, 5) is 11.1. The monoisotopic (exact) mass is 247 g/mol. The third-order valence-corrected chi connectivity index (χ3v) is 3.13. The summed E-state index contributed by atoms with van der Waals surface area (Å²) in [6.07, 6.45) is 0. The molecule has 0 N–H and O–H groups in total. The molecule has 0 saturated carbocycles. The van der Waals surface area contributed by atoms with Gasteiger partial charge in [-0.15, -0.1) is 11.3 Å². The van der Waals surface area contributed by atoms with Gasteiger partial charge >= 0.3 is 0 Å². The first-order valence-corrected chi connectivity index (χ1v) is 6.57. The Bertz CT molecular complexity index is 459. The second kappa shape index (κ2) is 5.38. The number of hydrogen-bond acceptors (Lipinski definition) is 4. The second-order valence-electron chi connectivity index (χ2n) is 4.43. The minimum Gasteiger partial charge on any atom is -0.295 e. The van der Waals surface area contributed by atoms with Gasteiger partial charge in [0.1, 0.15) is 0 Å². The summed E-state index contributed by atoms with van der Waals surface area (Å²) in [6.45, 7) is 5.88. The van der Waals surface area contributed by atoms with Gasteiger partial charge in [0.25, 0.3) is 0 Å². The maximum atomic E-state index is 4.54. The summed E-state index contributed by atoms with van der Waals surface area (Å²) >= 11 is 1.64. The van der Waals surface area contributed by atoms with Crippen LogP contribution < -0.4 is 0 Å². The van der Waals surface area contributed by atoms with Crippen molar-refractivity contribution in [2.24, 2.45) is 0 Å². The highest BCUT2D eigenvalue weighted by atomic mass is 32.1. The molecule has 0 unspecified atom stereocenters. The van der Waals surface area contributed by atoms with Crippen LogP contribution in [0.15, 0.2) is 23.0 Å². The third-order valence-electron chi connectivity index (χ3n) is 2.50. The van der Waals surface area contributed by atoms with Gasteiger partial charge in [-0.2, -0.15) is 0 Å². The maximum absolute atomic E-state index is 4.54. The summed E-state index contributed by atoms with van der Waals surface area (Å²) in [5.41, 5.74) is 6.48. The topological polar surface area (TPSA) is 29.0 Å². The predicted molar refractivity (Wildman–Crippen MR) is 71.0 cm³/mol. The Morgan fingerprint density at radius 1 is 1.18 bits per heavy atom. The average Bonchev–Trinajstić information content (AvgIpc) is 2.67. The SMILES string of the molecule is Cc1cc(C)nc(CN(C)Cc2cscn2)c1. The molecule has 90 valence electrons. The van der Waals surface area contributed by atoms with Crippen LogP contribution in [0.2, 0.25) is 0 Å². The van der Waals surface area contributed by atoms with Crippen LogP contribution in [0.1, 0.15) is 22.6 Å². The van der Waals surface area contributed by atoms with E-state index >= 15 is 0 Å². The van der Waals surface area contributed by atoms with Crippen LogP contribution in [-0.4, -0.2) is 21.9 Å². The van der Waals surface area contributed by atoms with Crippen molar-refractivity contribution in [3.63, 3.8) is 0 Å². The van der Waals surface area contributed by atoms with E-state index < -0.39 is 0 Å². The van der Waals surface area contributed by atoms with Crippen molar-refractivity contribution >= 4 is 11.3 Å². The molecule has 2 aromatic heterocycles. The van der Waals surface area contributed by atoms with Crippen LogP contribution in [0.25, 0.3) is 0 Å². The normalized spacial score (nSPS) is 11.1. The predicted octanol–water partition coefficient (Wildman–Crippen LogP) is 2.79. The van der Waals surface area contributed by atoms with E-state index in [2.05, 4.69) is 46.4 Å². The van der Waals surface area contributed by atoms with Crippen molar-refractivity contribution in [2.45, 2.75) is 26.9 Å². The van der Waals surface area contributed by atoms with E-state index in [-0.39, 0.29) is 0 Å². The van der Waals surface area contributed by atoms with Crippen molar-refractivity contribution in [2.75, 3.05) is 7.05 Å². The van der Waals surface area contributed by atoms with Gasteiger partial charge in [-0.3, -0.25) is 9.88 Å². The molecular weight excluding hydrogens is 230 g/mol. The summed E-state index contributed by atoms with van der Waals surface area (Å²) in [7, 11) is 2.10. The van der Waals surface area contributed by atoms with E-state index in [0.29, 0.717) is 0 Å². The molecular formula is C13H17N3S. The Morgan fingerprint density at radius 3 is 2.59 bits per heavy atom.